The lowest BCUT2D eigenvalue weighted by Crippen LogP contribution is -2.34. The molecule has 98 valence electrons. The first-order valence-electron chi connectivity index (χ1n) is 6.46. The third-order valence-electron chi connectivity index (χ3n) is 2.84. The fraction of sp³-hybridized carbons (Fsp3) is 0.533. The molecule has 0 aliphatic heterocycles. The Morgan fingerprint density at radius 2 is 1.89 bits per heavy atom. The Hall–Kier alpha value is -1.37. The van der Waals surface area contributed by atoms with E-state index in [1.807, 2.05) is 6.07 Å². The summed E-state index contributed by atoms with van der Waals surface area (Å²) in [7, 11) is 0. The molecular formula is C15H22N2O. The van der Waals surface area contributed by atoms with Crippen molar-refractivity contribution in [1.29, 1.82) is 5.26 Å². The summed E-state index contributed by atoms with van der Waals surface area (Å²) in [6.07, 6.45) is 3.60. The molecule has 0 radical (unpaired) electrons. The highest BCUT2D eigenvalue weighted by molar-refractivity contribution is 5.14. The van der Waals surface area contributed by atoms with Gasteiger partial charge in [0, 0.05) is 13.2 Å². The smallest absolute Gasteiger partial charge is 0.101 e. The van der Waals surface area contributed by atoms with E-state index in [2.05, 4.69) is 30.3 Å². The average molecular weight is 246 g/mol. The maximum atomic E-state index is 8.75. The van der Waals surface area contributed by atoms with E-state index in [0.717, 1.165) is 25.9 Å². The van der Waals surface area contributed by atoms with Crippen molar-refractivity contribution in [2.24, 2.45) is 5.73 Å². The normalized spacial score (nSPS) is 13.8. The molecule has 3 heteroatoms. The summed E-state index contributed by atoms with van der Waals surface area (Å²) in [6, 6.07) is 12.5. The van der Waals surface area contributed by atoms with Gasteiger partial charge >= 0.3 is 0 Å². The van der Waals surface area contributed by atoms with Crippen LogP contribution in [0.1, 0.15) is 31.7 Å². The lowest BCUT2D eigenvalue weighted by Gasteiger charge is -2.14. The Balaban J connectivity index is 1.98. The minimum Gasteiger partial charge on any atom is -0.381 e. The first kappa shape index (κ1) is 14.7. The molecule has 1 aromatic carbocycles. The van der Waals surface area contributed by atoms with E-state index in [1.54, 1.807) is 6.92 Å². The van der Waals surface area contributed by atoms with Crippen molar-refractivity contribution < 1.29 is 4.74 Å². The number of nitrogens with zero attached hydrogens (tertiary/aromatic N) is 1. The van der Waals surface area contributed by atoms with Crippen LogP contribution in [0.5, 0.6) is 0 Å². The SMILES string of the molecule is CC(N)(C#N)CCCOCCCc1ccccc1. The summed E-state index contributed by atoms with van der Waals surface area (Å²) in [5.74, 6) is 0. The molecule has 1 atom stereocenters. The summed E-state index contributed by atoms with van der Waals surface area (Å²) in [4.78, 5) is 0. The zero-order chi connectivity index (χ0) is 13.3. The molecular weight excluding hydrogens is 224 g/mol. The summed E-state index contributed by atoms with van der Waals surface area (Å²) >= 11 is 0. The topological polar surface area (TPSA) is 59.0 Å². The van der Waals surface area contributed by atoms with Gasteiger partial charge in [-0.05, 0) is 38.2 Å². The van der Waals surface area contributed by atoms with Gasteiger partial charge in [-0.25, -0.2) is 0 Å². The summed E-state index contributed by atoms with van der Waals surface area (Å²) in [6.45, 7) is 3.20. The van der Waals surface area contributed by atoms with Gasteiger partial charge in [0.05, 0.1) is 6.07 Å². The molecule has 3 nitrogen and oxygen atoms in total. The summed E-state index contributed by atoms with van der Waals surface area (Å²) in [5.41, 5.74) is 6.35. The van der Waals surface area contributed by atoms with Crippen LogP contribution in [0.15, 0.2) is 30.3 Å². The number of nitrogens with two attached hydrogens (primary N) is 1. The maximum absolute atomic E-state index is 8.75. The highest BCUT2D eigenvalue weighted by Gasteiger charge is 2.15. The third-order valence-corrected chi connectivity index (χ3v) is 2.84. The molecule has 0 aliphatic rings. The zero-order valence-electron chi connectivity index (χ0n) is 11.1. The molecule has 0 saturated heterocycles. The van der Waals surface area contributed by atoms with E-state index in [1.165, 1.54) is 5.56 Å². The Labute approximate surface area is 110 Å². The molecule has 2 N–H and O–H groups in total. The van der Waals surface area contributed by atoms with Crippen LogP contribution in [-0.4, -0.2) is 18.8 Å². The van der Waals surface area contributed by atoms with Crippen LogP contribution in [0.4, 0.5) is 0 Å². The lowest BCUT2D eigenvalue weighted by atomic mass is 10.00. The minimum atomic E-state index is -0.715. The van der Waals surface area contributed by atoms with Gasteiger partial charge in [0.25, 0.3) is 0 Å². The van der Waals surface area contributed by atoms with Gasteiger partial charge in [-0.15, -0.1) is 0 Å². The number of nitriles is 1. The Morgan fingerprint density at radius 3 is 2.56 bits per heavy atom. The number of hydrogen-bond donors (Lipinski definition) is 1. The van der Waals surface area contributed by atoms with Gasteiger partial charge in [-0.3, -0.25) is 0 Å². The summed E-state index contributed by atoms with van der Waals surface area (Å²) < 4.78 is 5.53. The fourth-order valence-corrected chi connectivity index (χ4v) is 1.72. The van der Waals surface area contributed by atoms with Gasteiger partial charge in [-0.1, -0.05) is 30.3 Å². The quantitative estimate of drug-likeness (QED) is 0.717. The zero-order valence-corrected chi connectivity index (χ0v) is 11.1. The number of aryl methyl sites for hydroxylation is 1. The first-order chi connectivity index (χ1) is 8.64. The molecule has 0 bridgehead atoms. The molecule has 1 aromatic rings. The van der Waals surface area contributed by atoms with E-state index in [4.69, 9.17) is 15.7 Å². The molecule has 0 aliphatic carbocycles. The molecule has 0 amide bonds. The molecule has 0 aromatic heterocycles. The second kappa shape index (κ2) is 7.86. The Kier molecular flexibility index (Phi) is 6.42. The van der Waals surface area contributed by atoms with Crippen LogP contribution in [0.3, 0.4) is 0 Å². The number of benzene rings is 1. The fourth-order valence-electron chi connectivity index (χ4n) is 1.72. The second-order valence-electron chi connectivity index (χ2n) is 4.83. The molecule has 1 rings (SSSR count). The second-order valence-corrected chi connectivity index (χ2v) is 4.83. The average Bonchev–Trinajstić information content (AvgIpc) is 2.39. The highest BCUT2D eigenvalue weighted by Crippen LogP contribution is 2.07. The van der Waals surface area contributed by atoms with E-state index in [-0.39, 0.29) is 0 Å². The third kappa shape index (κ3) is 6.39. The van der Waals surface area contributed by atoms with Crippen molar-refractivity contribution in [3.05, 3.63) is 35.9 Å². The van der Waals surface area contributed by atoms with E-state index >= 15 is 0 Å². The van der Waals surface area contributed by atoms with Crippen LogP contribution in [0.2, 0.25) is 0 Å². The molecule has 0 fully saturated rings. The van der Waals surface area contributed by atoms with E-state index < -0.39 is 5.54 Å². The number of hydrogen-bond acceptors (Lipinski definition) is 3. The van der Waals surface area contributed by atoms with Gasteiger partial charge in [0.2, 0.25) is 0 Å². The first-order valence-corrected chi connectivity index (χ1v) is 6.46. The van der Waals surface area contributed by atoms with Crippen molar-refractivity contribution in [3.63, 3.8) is 0 Å². The minimum absolute atomic E-state index is 0.683. The van der Waals surface area contributed by atoms with Crippen molar-refractivity contribution >= 4 is 0 Å². The van der Waals surface area contributed by atoms with Gasteiger partial charge in [-0.2, -0.15) is 5.26 Å². The van der Waals surface area contributed by atoms with Crippen LogP contribution in [-0.2, 0) is 11.2 Å². The van der Waals surface area contributed by atoms with Gasteiger partial charge in [0.15, 0.2) is 0 Å². The van der Waals surface area contributed by atoms with Crippen molar-refractivity contribution in [2.75, 3.05) is 13.2 Å². The van der Waals surface area contributed by atoms with Crippen LogP contribution in [0, 0.1) is 11.3 Å². The number of rotatable bonds is 8. The highest BCUT2D eigenvalue weighted by atomic mass is 16.5. The van der Waals surface area contributed by atoms with Gasteiger partial charge in [0.1, 0.15) is 5.54 Å². The van der Waals surface area contributed by atoms with Crippen LogP contribution >= 0.6 is 0 Å². The molecule has 0 saturated carbocycles. The Bertz CT molecular complexity index is 368. The Morgan fingerprint density at radius 1 is 1.22 bits per heavy atom. The molecule has 0 heterocycles. The van der Waals surface area contributed by atoms with Crippen molar-refractivity contribution in [3.8, 4) is 6.07 Å². The maximum Gasteiger partial charge on any atom is 0.101 e. The largest absolute Gasteiger partial charge is 0.381 e. The van der Waals surface area contributed by atoms with Crippen molar-refractivity contribution in [1.82, 2.24) is 0 Å². The lowest BCUT2D eigenvalue weighted by molar-refractivity contribution is 0.125. The number of ether oxygens (including phenoxy) is 1. The van der Waals surface area contributed by atoms with Crippen molar-refractivity contribution in [2.45, 2.75) is 38.1 Å². The van der Waals surface area contributed by atoms with Crippen LogP contribution in [0.25, 0.3) is 0 Å². The van der Waals surface area contributed by atoms with E-state index in [9.17, 15) is 0 Å². The summed E-state index contributed by atoms with van der Waals surface area (Å²) in [5, 5.41) is 8.75. The van der Waals surface area contributed by atoms with Crippen LogP contribution < -0.4 is 5.73 Å². The van der Waals surface area contributed by atoms with Gasteiger partial charge < -0.3 is 10.5 Å². The standard InChI is InChI=1S/C15H22N2O/c1-15(17,13-16)10-6-12-18-11-5-9-14-7-3-2-4-8-14/h2-4,7-8H,5-6,9-12,17H2,1H3. The molecule has 0 spiro atoms. The molecule has 1 unspecified atom stereocenters. The molecule has 18 heavy (non-hydrogen) atoms. The monoisotopic (exact) mass is 246 g/mol. The predicted octanol–water partition coefficient (Wildman–Crippen LogP) is 2.66. The van der Waals surface area contributed by atoms with E-state index in [0.29, 0.717) is 13.0 Å². The predicted molar refractivity (Wildman–Crippen MR) is 73.0 cm³/mol.